The molecular formula is C22H31ClN2O5. The van der Waals surface area contributed by atoms with E-state index in [1.54, 1.807) is 14.2 Å². The molecule has 1 aromatic rings. The third kappa shape index (κ3) is 3.18. The van der Waals surface area contributed by atoms with Gasteiger partial charge in [-0.05, 0) is 42.5 Å². The fourth-order valence-corrected chi connectivity index (χ4v) is 5.68. The lowest BCUT2D eigenvalue weighted by Crippen LogP contribution is -2.54. The Kier molecular flexibility index (Phi) is 5.92. The third-order valence-corrected chi connectivity index (χ3v) is 7.43. The Morgan fingerprint density at radius 2 is 1.93 bits per heavy atom. The van der Waals surface area contributed by atoms with E-state index >= 15 is 0 Å². The maximum absolute atomic E-state index is 13.4. The first-order chi connectivity index (χ1) is 14.1. The summed E-state index contributed by atoms with van der Waals surface area (Å²) in [5, 5.41) is 3.40. The number of rotatable bonds is 3. The molecule has 0 radical (unpaired) electrons. The summed E-state index contributed by atoms with van der Waals surface area (Å²) in [5.74, 6) is 2.05. The molecule has 4 aliphatic heterocycles. The van der Waals surface area contributed by atoms with Gasteiger partial charge in [-0.1, -0.05) is 0 Å². The van der Waals surface area contributed by atoms with Gasteiger partial charge >= 0.3 is 0 Å². The highest BCUT2D eigenvalue weighted by atomic mass is 35.5. The quantitative estimate of drug-likeness (QED) is 0.775. The Morgan fingerprint density at radius 1 is 1.20 bits per heavy atom. The van der Waals surface area contributed by atoms with Crippen LogP contribution >= 0.6 is 12.4 Å². The number of hydrogen-bond acceptors (Lipinski definition) is 6. The van der Waals surface area contributed by atoms with E-state index in [0.29, 0.717) is 38.8 Å². The Morgan fingerprint density at radius 3 is 2.67 bits per heavy atom. The van der Waals surface area contributed by atoms with Crippen molar-refractivity contribution in [3.63, 3.8) is 0 Å². The van der Waals surface area contributed by atoms with Crippen LogP contribution in [-0.2, 0) is 26.3 Å². The van der Waals surface area contributed by atoms with Crippen LogP contribution in [0.3, 0.4) is 0 Å². The molecule has 7 nitrogen and oxygen atoms in total. The first-order valence-electron chi connectivity index (χ1n) is 10.6. The second-order valence-corrected chi connectivity index (χ2v) is 8.75. The van der Waals surface area contributed by atoms with E-state index in [2.05, 4.69) is 17.4 Å². The molecular weight excluding hydrogens is 408 g/mol. The average molecular weight is 439 g/mol. The number of halogens is 1. The number of ether oxygens (including phenoxy) is 4. The normalized spacial score (nSPS) is 29.1. The molecule has 0 aromatic heterocycles. The zero-order valence-corrected chi connectivity index (χ0v) is 18.5. The highest BCUT2D eigenvalue weighted by Gasteiger charge is 2.55. The van der Waals surface area contributed by atoms with Gasteiger partial charge in [-0.25, -0.2) is 0 Å². The summed E-state index contributed by atoms with van der Waals surface area (Å²) in [6.07, 6.45) is 2.47. The first kappa shape index (κ1) is 21.7. The summed E-state index contributed by atoms with van der Waals surface area (Å²) in [7, 11) is 3.33. The Balaban J connectivity index is 0.00000218. The van der Waals surface area contributed by atoms with Crippen molar-refractivity contribution in [2.24, 2.45) is 11.3 Å². The topological polar surface area (TPSA) is 69.3 Å². The van der Waals surface area contributed by atoms with Crippen LogP contribution < -0.4 is 14.8 Å². The van der Waals surface area contributed by atoms with Crippen LogP contribution in [0.4, 0.5) is 0 Å². The van der Waals surface area contributed by atoms with E-state index in [9.17, 15) is 4.79 Å². The molecule has 0 saturated carbocycles. The van der Waals surface area contributed by atoms with Crippen molar-refractivity contribution >= 4 is 18.3 Å². The number of hydrogen-bond donors (Lipinski definition) is 1. The zero-order chi connectivity index (χ0) is 20.1. The number of likely N-dealkylation sites (tertiary alicyclic amines) is 1. The molecule has 3 fully saturated rings. The predicted octanol–water partition coefficient (Wildman–Crippen LogP) is 1.75. The summed E-state index contributed by atoms with van der Waals surface area (Å²) in [6.45, 7) is 4.95. The number of piperidine rings is 1. The van der Waals surface area contributed by atoms with Crippen molar-refractivity contribution in [1.29, 1.82) is 0 Å². The molecule has 0 unspecified atom stereocenters. The van der Waals surface area contributed by atoms with Gasteiger partial charge in [0, 0.05) is 32.1 Å². The highest BCUT2D eigenvalue weighted by Crippen LogP contribution is 2.46. The van der Waals surface area contributed by atoms with Crippen LogP contribution in [0.5, 0.6) is 11.5 Å². The largest absolute Gasteiger partial charge is 0.493 e. The van der Waals surface area contributed by atoms with Crippen molar-refractivity contribution in [1.82, 2.24) is 10.2 Å². The van der Waals surface area contributed by atoms with Gasteiger partial charge in [0.25, 0.3) is 0 Å². The predicted molar refractivity (Wildman–Crippen MR) is 114 cm³/mol. The Bertz CT molecular complexity index is 799. The molecule has 1 amide bonds. The van der Waals surface area contributed by atoms with Gasteiger partial charge in [0.1, 0.15) is 0 Å². The van der Waals surface area contributed by atoms with E-state index in [4.69, 9.17) is 18.9 Å². The number of carbonyl (C=O) groups is 1. The van der Waals surface area contributed by atoms with Crippen molar-refractivity contribution in [3.8, 4) is 11.5 Å². The highest BCUT2D eigenvalue weighted by molar-refractivity contribution is 5.85. The van der Waals surface area contributed by atoms with Crippen LogP contribution in [-0.4, -0.2) is 71.0 Å². The van der Waals surface area contributed by atoms with Crippen molar-refractivity contribution < 1.29 is 23.7 Å². The smallest absolute Gasteiger partial charge is 0.232 e. The van der Waals surface area contributed by atoms with Crippen LogP contribution in [0.15, 0.2) is 12.1 Å². The fraction of sp³-hybridized carbons (Fsp3) is 0.682. The minimum atomic E-state index is -0.369. The molecule has 30 heavy (non-hydrogen) atoms. The van der Waals surface area contributed by atoms with Gasteiger partial charge < -0.3 is 29.2 Å². The SMILES string of the molecule is COc1cc2c(cc1OC)C1(CCN(C(=O)[C@]34CNC[C@H]3COC4)CC1)OCC2.Cl. The molecule has 5 rings (SSSR count). The standard InChI is InChI=1S/C22H30N2O5.ClH/c1-26-18-9-15-3-8-29-22(17(15)10-19(18)27-2)4-6-24(7-5-22)20(25)21-13-23-11-16(21)12-28-14-21;/h9-10,16,23H,3-8,11-14H2,1-2H3;1H/t16-,21-;/m0./s1. The molecule has 3 saturated heterocycles. The van der Waals surface area contributed by atoms with Gasteiger partial charge in [-0.3, -0.25) is 4.79 Å². The average Bonchev–Trinajstić information content (AvgIpc) is 3.34. The zero-order valence-electron chi connectivity index (χ0n) is 17.7. The summed E-state index contributed by atoms with van der Waals surface area (Å²) >= 11 is 0. The van der Waals surface area contributed by atoms with Gasteiger partial charge in [0.2, 0.25) is 5.91 Å². The molecule has 0 aliphatic carbocycles. The lowest BCUT2D eigenvalue weighted by molar-refractivity contribution is -0.151. The fourth-order valence-electron chi connectivity index (χ4n) is 5.68. The Hall–Kier alpha value is -1.54. The van der Waals surface area contributed by atoms with E-state index in [-0.39, 0.29) is 29.3 Å². The van der Waals surface area contributed by atoms with Crippen molar-refractivity contribution in [2.75, 3.05) is 60.2 Å². The molecule has 1 spiro atoms. The number of nitrogens with one attached hydrogen (secondary N) is 1. The number of benzene rings is 1. The third-order valence-electron chi connectivity index (χ3n) is 7.43. The lowest BCUT2D eigenvalue weighted by atomic mass is 9.76. The van der Waals surface area contributed by atoms with E-state index in [1.165, 1.54) is 11.1 Å². The van der Waals surface area contributed by atoms with Gasteiger partial charge in [-0.2, -0.15) is 0 Å². The van der Waals surface area contributed by atoms with E-state index in [1.807, 2.05) is 4.90 Å². The molecule has 2 atom stereocenters. The van der Waals surface area contributed by atoms with Crippen LogP contribution in [0.25, 0.3) is 0 Å². The van der Waals surface area contributed by atoms with Crippen LogP contribution in [0, 0.1) is 11.3 Å². The van der Waals surface area contributed by atoms with Crippen LogP contribution in [0.1, 0.15) is 24.0 Å². The van der Waals surface area contributed by atoms with E-state index < -0.39 is 0 Å². The first-order valence-corrected chi connectivity index (χ1v) is 10.6. The molecule has 4 aliphatic rings. The number of nitrogens with zero attached hydrogens (tertiary/aromatic N) is 1. The maximum Gasteiger partial charge on any atom is 0.232 e. The summed E-state index contributed by atoms with van der Waals surface area (Å²) in [4.78, 5) is 15.5. The number of carbonyl (C=O) groups excluding carboxylic acids is 1. The monoisotopic (exact) mass is 438 g/mol. The minimum absolute atomic E-state index is 0. The van der Waals surface area contributed by atoms with Gasteiger partial charge in [-0.15, -0.1) is 12.4 Å². The molecule has 166 valence electrons. The van der Waals surface area contributed by atoms with Crippen molar-refractivity contribution in [2.45, 2.75) is 24.9 Å². The second-order valence-electron chi connectivity index (χ2n) is 8.75. The molecule has 1 N–H and O–H groups in total. The van der Waals surface area contributed by atoms with Crippen LogP contribution in [0.2, 0.25) is 0 Å². The van der Waals surface area contributed by atoms with Gasteiger partial charge in [0.05, 0.1) is 45.1 Å². The molecule has 8 heteroatoms. The minimum Gasteiger partial charge on any atom is -0.493 e. The van der Waals surface area contributed by atoms with Gasteiger partial charge in [0.15, 0.2) is 11.5 Å². The molecule has 0 bridgehead atoms. The maximum atomic E-state index is 13.4. The van der Waals surface area contributed by atoms with Crippen molar-refractivity contribution in [3.05, 3.63) is 23.3 Å². The number of methoxy groups -OCH3 is 2. The Labute approximate surface area is 183 Å². The number of fused-ring (bicyclic) bond motifs is 3. The number of amides is 1. The second kappa shape index (κ2) is 8.19. The van der Waals surface area contributed by atoms with E-state index in [0.717, 1.165) is 43.9 Å². The summed E-state index contributed by atoms with van der Waals surface area (Å²) in [6, 6.07) is 4.16. The summed E-state index contributed by atoms with van der Waals surface area (Å²) < 4.78 is 23.1. The molecule has 4 heterocycles. The lowest BCUT2D eigenvalue weighted by Gasteiger charge is -2.46. The molecule has 1 aromatic carbocycles. The summed E-state index contributed by atoms with van der Waals surface area (Å²) in [5.41, 5.74) is 1.74.